The molecule has 86 valence electrons. The molecule has 1 aromatic rings. The molecule has 3 heteroatoms. The molecule has 0 aliphatic heterocycles. The van der Waals surface area contributed by atoms with E-state index in [1.54, 1.807) is 7.11 Å². The monoisotopic (exact) mass is 220 g/mol. The molecule has 0 atom stereocenters. The summed E-state index contributed by atoms with van der Waals surface area (Å²) in [7, 11) is 1.66. The Labute approximate surface area is 95.0 Å². The van der Waals surface area contributed by atoms with Crippen molar-refractivity contribution in [2.45, 2.75) is 25.2 Å². The normalized spacial score (nSPS) is 23.6. The topological polar surface area (TPSA) is 46.5 Å². The predicted molar refractivity (Wildman–Crippen MR) is 60.7 cm³/mol. The number of aliphatic carboxylic acids is 1. The summed E-state index contributed by atoms with van der Waals surface area (Å²) >= 11 is 0. The zero-order valence-corrected chi connectivity index (χ0v) is 9.35. The van der Waals surface area contributed by atoms with Crippen molar-refractivity contribution < 1.29 is 14.6 Å². The summed E-state index contributed by atoms with van der Waals surface area (Å²) in [5.41, 5.74) is 1.26. The molecule has 0 saturated heterocycles. The van der Waals surface area contributed by atoms with Crippen LogP contribution in [0.4, 0.5) is 0 Å². The lowest BCUT2D eigenvalue weighted by Gasteiger charge is -2.34. The Bertz CT molecular complexity index is 381. The van der Waals surface area contributed by atoms with Crippen LogP contribution in [0.2, 0.25) is 0 Å². The molecule has 1 N–H and O–H groups in total. The first-order valence-electron chi connectivity index (χ1n) is 5.54. The highest BCUT2D eigenvalue weighted by atomic mass is 16.5. The van der Waals surface area contributed by atoms with E-state index in [1.165, 1.54) is 5.56 Å². The van der Waals surface area contributed by atoms with Gasteiger partial charge in [-0.2, -0.15) is 0 Å². The Morgan fingerprint density at radius 2 is 2.25 bits per heavy atom. The minimum absolute atomic E-state index is 0.306. The second kappa shape index (κ2) is 4.56. The first-order valence-corrected chi connectivity index (χ1v) is 5.54. The quantitative estimate of drug-likeness (QED) is 0.848. The number of rotatable bonds is 4. The minimum Gasteiger partial charge on any atom is -0.497 e. The molecular formula is C13H16O3. The first kappa shape index (κ1) is 11.0. The Balaban J connectivity index is 1.93. The van der Waals surface area contributed by atoms with Gasteiger partial charge in [0.1, 0.15) is 5.75 Å². The third-order valence-corrected chi connectivity index (χ3v) is 3.26. The van der Waals surface area contributed by atoms with Gasteiger partial charge in [0.2, 0.25) is 0 Å². The SMILES string of the molecule is COc1cccc(C2CC(CC(=O)O)C2)c1. The lowest BCUT2D eigenvalue weighted by atomic mass is 9.70. The second-order valence-electron chi connectivity index (χ2n) is 4.41. The van der Waals surface area contributed by atoms with Gasteiger partial charge >= 0.3 is 5.97 Å². The fourth-order valence-electron chi connectivity index (χ4n) is 2.32. The molecule has 2 rings (SSSR count). The maximum atomic E-state index is 10.5. The molecule has 1 fully saturated rings. The summed E-state index contributed by atoms with van der Waals surface area (Å²) in [6, 6.07) is 8.04. The van der Waals surface area contributed by atoms with Crippen LogP contribution in [0.1, 0.15) is 30.7 Å². The average Bonchev–Trinajstić information content (AvgIpc) is 2.22. The van der Waals surface area contributed by atoms with E-state index in [1.807, 2.05) is 18.2 Å². The molecule has 0 unspecified atom stereocenters. The van der Waals surface area contributed by atoms with Gasteiger partial charge in [0.25, 0.3) is 0 Å². The van der Waals surface area contributed by atoms with Crippen LogP contribution in [-0.4, -0.2) is 18.2 Å². The van der Waals surface area contributed by atoms with Crippen LogP contribution in [-0.2, 0) is 4.79 Å². The number of methoxy groups -OCH3 is 1. The molecular weight excluding hydrogens is 204 g/mol. The van der Waals surface area contributed by atoms with Crippen LogP contribution < -0.4 is 4.74 Å². The van der Waals surface area contributed by atoms with E-state index in [0.717, 1.165) is 18.6 Å². The molecule has 3 nitrogen and oxygen atoms in total. The third kappa shape index (κ3) is 2.35. The Kier molecular flexibility index (Phi) is 3.13. The lowest BCUT2D eigenvalue weighted by molar-refractivity contribution is -0.138. The first-order chi connectivity index (χ1) is 7.69. The number of ether oxygens (including phenoxy) is 1. The van der Waals surface area contributed by atoms with Crippen molar-refractivity contribution >= 4 is 5.97 Å². The van der Waals surface area contributed by atoms with Gasteiger partial charge in [0.05, 0.1) is 7.11 Å². The summed E-state index contributed by atoms with van der Waals surface area (Å²) in [6.45, 7) is 0. The fraction of sp³-hybridized carbons (Fsp3) is 0.462. The summed E-state index contributed by atoms with van der Waals surface area (Å²) in [4.78, 5) is 10.5. The van der Waals surface area contributed by atoms with Gasteiger partial charge < -0.3 is 9.84 Å². The molecule has 0 radical (unpaired) electrons. The maximum absolute atomic E-state index is 10.5. The van der Waals surface area contributed by atoms with Crippen molar-refractivity contribution in [3.8, 4) is 5.75 Å². The number of carbonyl (C=O) groups is 1. The zero-order chi connectivity index (χ0) is 11.5. The van der Waals surface area contributed by atoms with Crippen molar-refractivity contribution in [3.63, 3.8) is 0 Å². The molecule has 0 amide bonds. The standard InChI is InChI=1S/C13H16O3/c1-16-12-4-2-3-10(8-12)11-5-9(6-11)7-13(14)15/h2-4,8-9,11H,5-7H2,1H3,(H,14,15). The molecule has 1 aliphatic carbocycles. The Morgan fingerprint density at radius 3 is 2.88 bits per heavy atom. The van der Waals surface area contributed by atoms with E-state index in [0.29, 0.717) is 18.3 Å². The summed E-state index contributed by atoms with van der Waals surface area (Å²) in [5, 5.41) is 8.67. The second-order valence-corrected chi connectivity index (χ2v) is 4.41. The van der Waals surface area contributed by atoms with E-state index in [2.05, 4.69) is 6.07 Å². The summed E-state index contributed by atoms with van der Waals surface area (Å²) in [5.74, 6) is 1.06. The van der Waals surface area contributed by atoms with Crippen LogP contribution in [0, 0.1) is 5.92 Å². The van der Waals surface area contributed by atoms with Crippen LogP contribution in [0.15, 0.2) is 24.3 Å². The molecule has 0 spiro atoms. The van der Waals surface area contributed by atoms with Crippen molar-refractivity contribution in [2.24, 2.45) is 5.92 Å². The lowest BCUT2D eigenvalue weighted by Crippen LogP contribution is -2.24. The van der Waals surface area contributed by atoms with Crippen molar-refractivity contribution in [1.82, 2.24) is 0 Å². The molecule has 1 saturated carbocycles. The van der Waals surface area contributed by atoms with Crippen LogP contribution in [0.3, 0.4) is 0 Å². The molecule has 1 aromatic carbocycles. The maximum Gasteiger partial charge on any atom is 0.303 e. The molecule has 0 heterocycles. The third-order valence-electron chi connectivity index (χ3n) is 3.26. The number of carboxylic acid groups (broad SMARTS) is 1. The Morgan fingerprint density at radius 1 is 1.50 bits per heavy atom. The number of carboxylic acids is 1. The van der Waals surface area contributed by atoms with E-state index < -0.39 is 5.97 Å². The highest BCUT2D eigenvalue weighted by Crippen LogP contribution is 2.43. The van der Waals surface area contributed by atoms with E-state index in [9.17, 15) is 4.79 Å². The Hall–Kier alpha value is -1.51. The number of hydrogen-bond acceptors (Lipinski definition) is 2. The highest BCUT2D eigenvalue weighted by Gasteiger charge is 2.31. The van der Waals surface area contributed by atoms with Gasteiger partial charge in [-0.3, -0.25) is 4.79 Å². The van der Waals surface area contributed by atoms with Crippen molar-refractivity contribution in [2.75, 3.05) is 7.11 Å². The fourth-order valence-corrected chi connectivity index (χ4v) is 2.32. The largest absolute Gasteiger partial charge is 0.497 e. The van der Waals surface area contributed by atoms with Gasteiger partial charge in [0, 0.05) is 6.42 Å². The highest BCUT2D eigenvalue weighted by molar-refractivity contribution is 5.67. The predicted octanol–water partition coefficient (Wildman–Crippen LogP) is 2.66. The van der Waals surface area contributed by atoms with Gasteiger partial charge in [-0.1, -0.05) is 12.1 Å². The van der Waals surface area contributed by atoms with E-state index in [-0.39, 0.29) is 0 Å². The number of benzene rings is 1. The van der Waals surface area contributed by atoms with E-state index >= 15 is 0 Å². The van der Waals surface area contributed by atoms with E-state index in [4.69, 9.17) is 9.84 Å². The molecule has 0 aromatic heterocycles. The zero-order valence-electron chi connectivity index (χ0n) is 9.35. The van der Waals surface area contributed by atoms with Gasteiger partial charge in [0.15, 0.2) is 0 Å². The van der Waals surface area contributed by atoms with Crippen LogP contribution in [0.5, 0.6) is 5.75 Å². The summed E-state index contributed by atoms with van der Waals surface area (Å²) < 4.78 is 5.17. The van der Waals surface area contributed by atoms with Gasteiger partial charge in [-0.25, -0.2) is 0 Å². The molecule has 16 heavy (non-hydrogen) atoms. The number of hydrogen-bond donors (Lipinski definition) is 1. The average molecular weight is 220 g/mol. The van der Waals surface area contributed by atoms with Crippen LogP contribution in [0.25, 0.3) is 0 Å². The van der Waals surface area contributed by atoms with Gasteiger partial charge in [-0.05, 0) is 42.4 Å². The van der Waals surface area contributed by atoms with Crippen LogP contribution >= 0.6 is 0 Å². The summed E-state index contributed by atoms with van der Waals surface area (Å²) in [6.07, 6.45) is 2.28. The van der Waals surface area contributed by atoms with Crippen molar-refractivity contribution in [3.05, 3.63) is 29.8 Å². The smallest absolute Gasteiger partial charge is 0.303 e. The minimum atomic E-state index is -0.686. The molecule has 0 bridgehead atoms. The molecule has 1 aliphatic rings. The van der Waals surface area contributed by atoms with Gasteiger partial charge in [-0.15, -0.1) is 0 Å². The van der Waals surface area contributed by atoms with Crippen molar-refractivity contribution in [1.29, 1.82) is 0 Å².